The van der Waals surface area contributed by atoms with Crippen LogP contribution in [0.25, 0.3) is 0 Å². The van der Waals surface area contributed by atoms with E-state index >= 15 is 0 Å². The summed E-state index contributed by atoms with van der Waals surface area (Å²) in [7, 11) is 1.92. The van der Waals surface area contributed by atoms with Crippen LogP contribution in [0.3, 0.4) is 0 Å². The zero-order chi connectivity index (χ0) is 17.7. The zero-order valence-electron chi connectivity index (χ0n) is 15.6. The van der Waals surface area contributed by atoms with E-state index in [0.29, 0.717) is 6.16 Å². The number of allylic oxidation sites excluding steroid dienone is 8. The molecule has 0 fully saturated rings. The fraction of sp³-hybridized carbons (Fsp3) is 0.600. The zero-order valence-corrected chi connectivity index (χ0v) is 17.5. The summed E-state index contributed by atoms with van der Waals surface area (Å²) in [6.45, 7) is 10.9. The van der Waals surface area contributed by atoms with E-state index in [1.807, 2.05) is 0 Å². The van der Waals surface area contributed by atoms with Gasteiger partial charge in [-0.05, 0) is 73.1 Å². The molecule has 3 heteroatoms. The predicted molar refractivity (Wildman–Crippen MR) is 109 cm³/mol. The van der Waals surface area contributed by atoms with Crippen molar-refractivity contribution in [2.24, 2.45) is 0 Å². The monoisotopic (exact) mass is 352 g/mol. The average Bonchev–Trinajstić information content (AvgIpc) is 2.44. The highest BCUT2D eigenvalue weighted by atomic mass is 31.7. The Labute approximate surface area is 146 Å². The molecular formula is C20H34OP2. The highest BCUT2D eigenvalue weighted by Gasteiger charge is 1.93. The summed E-state index contributed by atoms with van der Waals surface area (Å²) < 4.78 is 11.0. The van der Waals surface area contributed by atoms with Crippen LogP contribution in [0.15, 0.2) is 46.6 Å². The van der Waals surface area contributed by atoms with Crippen LogP contribution in [-0.2, 0) is 4.57 Å². The average molecular weight is 352 g/mol. The summed E-state index contributed by atoms with van der Waals surface area (Å²) in [6.07, 6.45) is 16.5. The van der Waals surface area contributed by atoms with E-state index in [2.05, 4.69) is 67.4 Å². The largest absolute Gasteiger partial charge is 0.278 e. The van der Waals surface area contributed by atoms with Crippen LogP contribution in [0, 0.1) is 0 Å². The van der Waals surface area contributed by atoms with Crippen molar-refractivity contribution in [3.05, 3.63) is 46.6 Å². The van der Waals surface area contributed by atoms with Gasteiger partial charge in [-0.25, -0.2) is 0 Å². The maximum Gasteiger partial charge on any atom is 0.120 e. The van der Waals surface area contributed by atoms with Gasteiger partial charge in [0, 0.05) is 6.16 Å². The molecule has 0 aliphatic heterocycles. The van der Waals surface area contributed by atoms with Crippen LogP contribution >= 0.6 is 15.6 Å². The molecule has 0 aliphatic rings. The molecule has 0 heterocycles. The highest BCUT2D eigenvalue weighted by Crippen LogP contribution is 2.16. The first kappa shape index (κ1) is 22.4. The predicted octanol–water partition coefficient (Wildman–Crippen LogP) is 8.02. The van der Waals surface area contributed by atoms with Gasteiger partial charge in [0.15, 0.2) is 0 Å². The van der Waals surface area contributed by atoms with Crippen LogP contribution in [0.2, 0.25) is 0 Å². The van der Waals surface area contributed by atoms with Crippen molar-refractivity contribution in [3.8, 4) is 0 Å². The van der Waals surface area contributed by atoms with Gasteiger partial charge in [0.2, 0.25) is 0 Å². The van der Waals surface area contributed by atoms with Gasteiger partial charge in [-0.1, -0.05) is 55.1 Å². The van der Waals surface area contributed by atoms with Crippen molar-refractivity contribution in [3.63, 3.8) is 0 Å². The minimum absolute atomic E-state index is 0.636. The summed E-state index contributed by atoms with van der Waals surface area (Å²) in [5.41, 5.74) is 5.70. The quantitative estimate of drug-likeness (QED) is 0.272. The van der Waals surface area contributed by atoms with E-state index in [4.69, 9.17) is 0 Å². The Morgan fingerprint density at radius 3 is 1.52 bits per heavy atom. The van der Waals surface area contributed by atoms with Crippen molar-refractivity contribution >= 4 is 15.6 Å². The van der Waals surface area contributed by atoms with Gasteiger partial charge < -0.3 is 0 Å². The Kier molecular flexibility index (Phi) is 13.4. The SMILES string of the molecule is CC(C)=CCC/C(C)=C\CC/C(C)=C/CC/C(C)=C/CP(=O)=P. The Bertz CT molecular complexity index is 520. The molecule has 0 aromatic rings. The van der Waals surface area contributed by atoms with Gasteiger partial charge >= 0.3 is 0 Å². The van der Waals surface area contributed by atoms with Crippen LogP contribution in [0.5, 0.6) is 0 Å². The van der Waals surface area contributed by atoms with Crippen LogP contribution in [0.1, 0.15) is 73.1 Å². The minimum atomic E-state index is -1.23. The maximum absolute atomic E-state index is 11.0. The molecule has 0 aromatic heterocycles. The summed E-state index contributed by atoms with van der Waals surface area (Å²) in [5.74, 6) is 0. The van der Waals surface area contributed by atoms with Crippen LogP contribution in [0.4, 0.5) is 0 Å². The van der Waals surface area contributed by atoms with E-state index in [1.165, 1.54) is 28.7 Å². The number of rotatable bonds is 11. The molecule has 0 amide bonds. The van der Waals surface area contributed by atoms with Gasteiger partial charge in [0.05, 0.1) is 0 Å². The molecule has 0 saturated heterocycles. The Morgan fingerprint density at radius 1 is 0.739 bits per heavy atom. The van der Waals surface area contributed by atoms with Crippen LogP contribution < -0.4 is 0 Å². The molecule has 130 valence electrons. The lowest BCUT2D eigenvalue weighted by atomic mass is 10.0. The standard InChI is InChI=1S/C20H34OP2/c1-17(2)9-6-10-18(3)11-7-12-19(4)13-8-14-20(5)15-16-23(21)22/h9,11,13,15,22H,6-8,10,12,14,16H2,1-5H3/b18-11-,19-13+,20-15+. The fourth-order valence-corrected chi connectivity index (χ4v) is 2.98. The van der Waals surface area contributed by atoms with Gasteiger partial charge in [0.25, 0.3) is 0 Å². The van der Waals surface area contributed by atoms with Gasteiger partial charge in [0.1, 0.15) is 7.09 Å². The second-order valence-electron chi connectivity index (χ2n) is 6.61. The fourth-order valence-electron chi connectivity index (χ4n) is 2.23. The molecule has 0 aromatic carbocycles. The highest BCUT2D eigenvalue weighted by molar-refractivity contribution is 7.78. The molecule has 0 aliphatic carbocycles. The first-order chi connectivity index (χ1) is 10.8. The lowest BCUT2D eigenvalue weighted by Crippen LogP contribution is -1.82. The molecule has 1 atom stereocenters. The molecule has 0 saturated carbocycles. The van der Waals surface area contributed by atoms with Crippen molar-refractivity contribution in [1.29, 1.82) is 0 Å². The summed E-state index contributed by atoms with van der Waals surface area (Å²) in [4.78, 5) is 0. The molecule has 1 nitrogen and oxygen atoms in total. The lowest BCUT2D eigenvalue weighted by Gasteiger charge is -2.02. The normalized spacial score (nSPS) is 14.0. The number of hydrogen-bond acceptors (Lipinski definition) is 1. The third-order valence-electron chi connectivity index (χ3n) is 3.76. The first-order valence-electron chi connectivity index (χ1n) is 8.57. The molecule has 0 N–H and O–H groups in total. The Balaban J connectivity index is 4.02. The molecule has 0 radical (unpaired) electrons. The molecule has 0 spiro atoms. The molecular weight excluding hydrogens is 318 g/mol. The second kappa shape index (κ2) is 13.8. The number of hydrogen-bond donors (Lipinski definition) is 0. The molecule has 1 unspecified atom stereocenters. The minimum Gasteiger partial charge on any atom is -0.278 e. The van der Waals surface area contributed by atoms with Gasteiger partial charge in [-0.2, -0.15) is 0 Å². The van der Waals surface area contributed by atoms with Crippen molar-refractivity contribution in [2.75, 3.05) is 6.16 Å². The third-order valence-corrected chi connectivity index (χ3v) is 4.82. The summed E-state index contributed by atoms with van der Waals surface area (Å²) in [6, 6.07) is 0. The summed E-state index contributed by atoms with van der Waals surface area (Å²) in [5, 5.41) is 0. The smallest absolute Gasteiger partial charge is 0.120 e. The lowest BCUT2D eigenvalue weighted by molar-refractivity contribution is 0.599. The van der Waals surface area contributed by atoms with Gasteiger partial charge in [-0.3, -0.25) is 4.57 Å². The second-order valence-corrected chi connectivity index (χ2v) is 9.23. The molecule has 0 bridgehead atoms. The van der Waals surface area contributed by atoms with Crippen molar-refractivity contribution in [2.45, 2.75) is 73.1 Å². The Morgan fingerprint density at radius 2 is 1.13 bits per heavy atom. The van der Waals surface area contributed by atoms with Crippen LogP contribution in [-0.4, -0.2) is 6.16 Å². The van der Waals surface area contributed by atoms with Crippen molar-refractivity contribution in [1.82, 2.24) is 0 Å². The molecule has 23 heavy (non-hydrogen) atoms. The maximum atomic E-state index is 11.0. The van der Waals surface area contributed by atoms with E-state index in [1.54, 1.807) is 0 Å². The Hall–Kier alpha value is -0.640. The third kappa shape index (κ3) is 16.0. The van der Waals surface area contributed by atoms with E-state index in [0.717, 1.165) is 32.1 Å². The summed E-state index contributed by atoms with van der Waals surface area (Å²) >= 11 is 0. The van der Waals surface area contributed by atoms with Gasteiger partial charge in [-0.15, -0.1) is 0 Å². The van der Waals surface area contributed by atoms with E-state index in [-0.39, 0.29) is 0 Å². The first-order valence-corrected chi connectivity index (χ1v) is 11.4. The van der Waals surface area contributed by atoms with E-state index in [9.17, 15) is 4.57 Å². The van der Waals surface area contributed by atoms with Crippen molar-refractivity contribution < 1.29 is 4.57 Å². The topological polar surface area (TPSA) is 17.1 Å². The van der Waals surface area contributed by atoms with E-state index < -0.39 is 7.09 Å². The molecule has 0 rings (SSSR count).